The first kappa shape index (κ1) is 10.7. The van der Waals surface area contributed by atoms with Gasteiger partial charge in [-0.2, -0.15) is 0 Å². The number of nitrogens with one attached hydrogen (secondary N) is 1. The lowest BCUT2D eigenvalue weighted by atomic mass is 10.1. The van der Waals surface area contributed by atoms with Gasteiger partial charge in [0.05, 0.1) is 5.69 Å². The normalized spacial score (nSPS) is 14.9. The second kappa shape index (κ2) is 4.11. The molecule has 17 heavy (non-hydrogen) atoms. The van der Waals surface area contributed by atoms with Crippen LogP contribution in [0.2, 0.25) is 0 Å². The van der Waals surface area contributed by atoms with Crippen LogP contribution in [-0.2, 0) is 0 Å². The second-order valence-electron chi connectivity index (χ2n) is 4.42. The third kappa shape index (κ3) is 2.31. The molecule has 1 fully saturated rings. The Bertz CT molecular complexity index is 546. The fourth-order valence-corrected chi connectivity index (χ4v) is 2.48. The second-order valence-corrected chi connectivity index (χ2v) is 5.28. The van der Waals surface area contributed by atoms with Crippen LogP contribution in [0.3, 0.4) is 0 Å². The smallest absolute Gasteiger partial charge is 0.183 e. The number of hydrogen-bond acceptors (Lipinski definition) is 3. The summed E-state index contributed by atoms with van der Waals surface area (Å²) in [6.07, 6.45) is 2.48. The molecular formula is C13H13FN2S. The topological polar surface area (TPSA) is 24.9 Å². The predicted molar refractivity (Wildman–Crippen MR) is 68.9 cm³/mol. The molecule has 0 bridgehead atoms. The van der Waals surface area contributed by atoms with Gasteiger partial charge in [0, 0.05) is 17.0 Å². The standard InChI is InChI=1S/C13H13FN2S/c1-8-6-9(2-5-11(8)14)12-7-17-13(16-12)15-10-3-4-10/h2,5-7,10H,3-4H2,1H3,(H,15,16). The van der Waals surface area contributed by atoms with E-state index in [1.165, 1.54) is 18.9 Å². The van der Waals surface area contributed by atoms with E-state index >= 15 is 0 Å². The monoisotopic (exact) mass is 248 g/mol. The van der Waals surface area contributed by atoms with Gasteiger partial charge in [-0.05, 0) is 43.5 Å². The summed E-state index contributed by atoms with van der Waals surface area (Å²) in [6.45, 7) is 1.77. The highest BCUT2D eigenvalue weighted by molar-refractivity contribution is 7.14. The van der Waals surface area contributed by atoms with Gasteiger partial charge in [0.1, 0.15) is 5.82 Å². The molecule has 88 valence electrons. The van der Waals surface area contributed by atoms with Crippen LogP contribution in [0, 0.1) is 12.7 Å². The van der Waals surface area contributed by atoms with Gasteiger partial charge in [-0.3, -0.25) is 0 Å². The van der Waals surface area contributed by atoms with E-state index in [9.17, 15) is 4.39 Å². The van der Waals surface area contributed by atoms with Crippen molar-refractivity contribution >= 4 is 16.5 Å². The molecule has 1 aromatic carbocycles. The molecular weight excluding hydrogens is 235 g/mol. The van der Waals surface area contributed by atoms with E-state index in [-0.39, 0.29) is 5.82 Å². The Balaban J connectivity index is 1.86. The molecule has 2 aromatic rings. The van der Waals surface area contributed by atoms with Crippen LogP contribution < -0.4 is 5.32 Å². The Hall–Kier alpha value is -1.42. The maximum atomic E-state index is 13.2. The first-order valence-corrected chi connectivity index (χ1v) is 6.59. The van der Waals surface area contributed by atoms with Crippen LogP contribution in [0.4, 0.5) is 9.52 Å². The Morgan fingerprint density at radius 1 is 1.41 bits per heavy atom. The molecule has 1 saturated carbocycles. The molecule has 0 atom stereocenters. The van der Waals surface area contributed by atoms with Gasteiger partial charge in [-0.1, -0.05) is 0 Å². The number of rotatable bonds is 3. The van der Waals surface area contributed by atoms with E-state index in [4.69, 9.17) is 0 Å². The molecule has 3 rings (SSSR count). The Kier molecular flexibility index (Phi) is 2.59. The van der Waals surface area contributed by atoms with Crippen LogP contribution in [-0.4, -0.2) is 11.0 Å². The summed E-state index contributed by atoms with van der Waals surface area (Å²) < 4.78 is 13.2. The number of aromatic nitrogens is 1. The quantitative estimate of drug-likeness (QED) is 0.892. The summed E-state index contributed by atoms with van der Waals surface area (Å²) in [5, 5.41) is 6.34. The van der Waals surface area contributed by atoms with E-state index in [0.29, 0.717) is 11.6 Å². The molecule has 1 heterocycles. The number of benzene rings is 1. The van der Waals surface area contributed by atoms with Crippen molar-refractivity contribution in [2.75, 3.05) is 5.32 Å². The Morgan fingerprint density at radius 3 is 2.94 bits per heavy atom. The van der Waals surface area contributed by atoms with E-state index in [1.807, 2.05) is 11.4 Å². The highest BCUT2D eigenvalue weighted by atomic mass is 32.1. The number of hydrogen-bond donors (Lipinski definition) is 1. The van der Waals surface area contributed by atoms with Gasteiger partial charge in [0.2, 0.25) is 0 Å². The van der Waals surface area contributed by atoms with Crippen LogP contribution in [0.1, 0.15) is 18.4 Å². The first-order chi connectivity index (χ1) is 8.22. The van der Waals surface area contributed by atoms with E-state index in [2.05, 4.69) is 10.3 Å². The minimum absolute atomic E-state index is 0.166. The van der Waals surface area contributed by atoms with Gasteiger partial charge < -0.3 is 5.32 Å². The summed E-state index contributed by atoms with van der Waals surface area (Å²) in [7, 11) is 0. The first-order valence-electron chi connectivity index (χ1n) is 5.71. The van der Waals surface area contributed by atoms with E-state index in [1.54, 1.807) is 24.3 Å². The van der Waals surface area contributed by atoms with Crippen LogP contribution >= 0.6 is 11.3 Å². The number of anilines is 1. The molecule has 1 aliphatic carbocycles. The lowest BCUT2D eigenvalue weighted by molar-refractivity contribution is 0.619. The molecule has 0 spiro atoms. The molecule has 0 amide bonds. The summed E-state index contributed by atoms with van der Waals surface area (Å²) in [5.41, 5.74) is 2.55. The lowest BCUT2D eigenvalue weighted by Gasteiger charge is -2.00. The average molecular weight is 248 g/mol. The maximum absolute atomic E-state index is 13.2. The summed E-state index contributed by atoms with van der Waals surface area (Å²) in [6, 6.07) is 5.73. The molecule has 1 N–H and O–H groups in total. The zero-order valence-corrected chi connectivity index (χ0v) is 10.4. The molecule has 1 aromatic heterocycles. The van der Waals surface area contributed by atoms with Crippen molar-refractivity contribution in [3.63, 3.8) is 0 Å². The van der Waals surface area contributed by atoms with E-state index < -0.39 is 0 Å². The Morgan fingerprint density at radius 2 is 2.24 bits per heavy atom. The zero-order valence-electron chi connectivity index (χ0n) is 9.53. The molecule has 0 unspecified atom stereocenters. The predicted octanol–water partition coefficient (Wildman–Crippen LogP) is 3.83. The van der Waals surface area contributed by atoms with Crippen molar-refractivity contribution in [1.82, 2.24) is 4.98 Å². The molecule has 4 heteroatoms. The highest BCUT2D eigenvalue weighted by Gasteiger charge is 2.22. The summed E-state index contributed by atoms with van der Waals surface area (Å²) in [5.74, 6) is -0.166. The van der Waals surface area contributed by atoms with Crippen LogP contribution in [0.5, 0.6) is 0 Å². The van der Waals surface area contributed by atoms with Gasteiger partial charge in [0.25, 0.3) is 0 Å². The van der Waals surface area contributed by atoms with Crippen molar-refractivity contribution < 1.29 is 4.39 Å². The zero-order chi connectivity index (χ0) is 11.8. The third-order valence-electron chi connectivity index (χ3n) is 2.86. The largest absolute Gasteiger partial charge is 0.359 e. The van der Waals surface area contributed by atoms with Gasteiger partial charge in [-0.15, -0.1) is 11.3 Å². The minimum atomic E-state index is -0.166. The van der Waals surface area contributed by atoms with Crippen molar-refractivity contribution in [3.8, 4) is 11.3 Å². The Labute approximate surface area is 104 Å². The number of aryl methyl sites for hydroxylation is 1. The fourth-order valence-electron chi connectivity index (χ4n) is 1.68. The molecule has 0 radical (unpaired) electrons. The number of thiazole rings is 1. The highest BCUT2D eigenvalue weighted by Crippen LogP contribution is 2.30. The molecule has 0 aliphatic heterocycles. The van der Waals surface area contributed by atoms with Gasteiger partial charge in [0.15, 0.2) is 5.13 Å². The van der Waals surface area contributed by atoms with Crippen molar-refractivity contribution in [3.05, 3.63) is 35.0 Å². The van der Waals surface area contributed by atoms with Crippen LogP contribution in [0.15, 0.2) is 23.6 Å². The van der Waals surface area contributed by atoms with Crippen molar-refractivity contribution in [2.45, 2.75) is 25.8 Å². The lowest BCUT2D eigenvalue weighted by Crippen LogP contribution is -1.99. The number of halogens is 1. The summed E-state index contributed by atoms with van der Waals surface area (Å²) in [4.78, 5) is 4.52. The van der Waals surface area contributed by atoms with E-state index in [0.717, 1.165) is 16.4 Å². The fraction of sp³-hybridized carbons (Fsp3) is 0.308. The molecule has 1 aliphatic rings. The van der Waals surface area contributed by atoms with Crippen LogP contribution in [0.25, 0.3) is 11.3 Å². The van der Waals surface area contributed by atoms with Crippen molar-refractivity contribution in [2.24, 2.45) is 0 Å². The average Bonchev–Trinajstić information content (AvgIpc) is 2.99. The van der Waals surface area contributed by atoms with Gasteiger partial charge in [-0.25, -0.2) is 9.37 Å². The molecule has 2 nitrogen and oxygen atoms in total. The molecule has 0 saturated heterocycles. The van der Waals surface area contributed by atoms with Crippen molar-refractivity contribution in [1.29, 1.82) is 0 Å². The third-order valence-corrected chi connectivity index (χ3v) is 3.64. The number of nitrogens with zero attached hydrogens (tertiary/aromatic N) is 1. The minimum Gasteiger partial charge on any atom is -0.359 e. The summed E-state index contributed by atoms with van der Waals surface area (Å²) >= 11 is 1.61. The SMILES string of the molecule is Cc1cc(-c2csc(NC3CC3)n2)ccc1F. The maximum Gasteiger partial charge on any atom is 0.183 e. The van der Waals surface area contributed by atoms with Gasteiger partial charge >= 0.3 is 0 Å².